The van der Waals surface area contributed by atoms with Crippen LogP contribution in [0.2, 0.25) is 0 Å². The van der Waals surface area contributed by atoms with E-state index in [0.717, 1.165) is 22.5 Å². The maximum absolute atomic E-state index is 4.76. The molecule has 7 rings (SSSR count). The summed E-state index contributed by atoms with van der Waals surface area (Å²) in [4.78, 5) is 11.7. The Balaban J connectivity index is 0.000000225. The first-order valence-corrected chi connectivity index (χ1v) is 15.8. The van der Waals surface area contributed by atoms with Gasteiger partial charge >= 0.3 is 0 Å². The first-order valence-electron chi connectivity index (χ1n) is 15.0. The van der Waals surface area contributed by atoms with Crippen LogP contribution in [0.3, 0.4) is 0 Å². The van der Waals surface area contributed by atoms with Crippen LogP contribution in [0, 0.1) is 32.9 Å². The summed E-state index contributed by atoms with van der Waals surface area (Å²) in [5, 5.41) is 0. The standard InChI is InChI=1S/C28H24NS.C13H12N.Ir/c1-18-9-12-21-22-7-5-6-8-26(22)30-27-14-10-19(16-24(27)23(21)15-18)25-13-11-20(17-29-25)28(2,3)4;1-10-8-11(2)13(14-9-10)12-6-4-3-5-7-12;/h5-9,11-17H,1-4H3;3-6,8-9H,1-2H3;/q2*-1;. The molecule has 0 bridgehead atoms. The van der Waals surface area contributed by atoms with E-state index in [4.69, 9.17) is 4.98 Å². The molecule has 4 heteroatoms. The fourth-order valence-corrected chi connectivity index (χ4v) is 6.54. The van der Waals surface area contributed by atoms with Gasteiger partial charge in [0.2, 0.25) is 0 Å². The van der Waals surface area contributed by atoms with Gasteiger partial charge in [0.15, 0.2) is 0 Å². The number of nitrogens with zero attached hydrogens (tertiary/aromatic N) is 2. The van der Waals surface area contributed by atoms with Crippen LogP contribution in [0.15, 0.2) is 119 Å². The third kappa shape index (κ3) is 7.20. The van der Waals surface area contributed by atoms with Gasteiger partial charge in [-0.15, -0.1) is 71.4 Å². The maximum Gasteiger partial charge on any atom is 0.0198 e. The van der Waals surface area contributed by atoms with E-state index in [1.54, 1.807) is 0 Å². The molecule has 0 fully saturated rings. The van der Waals surface area contributed by atoms with E-state index in [2.05, 4.69) is 131 Å². The summed E-state index contributed by atoms with van der Waals surface area (Å²) in [7, 11) is 0. The first kappa shape index (κ1) is 32.6. The molecule has 6 aromatic rings. The number of hydrogen-bond donors (Lipinski definition) is 0. The van der Waals surface area contributed by atoms with Crippen molar-refractivity contribution in [3.05, 3.63) is 144 Å². The van der Waals surface area contributed by atoms with Crippen LogP contribution in [0.25, 0.3) is 44.8 Å². The van der Waals surface area contributed by atoms with E-state index in [1.807, 2.05) is 48.4 Å². The molecule has 1 aliphatic rings. The third-order valence-corrected chi connectivity index (χ3v) is 8.99. The summed E-state index contributed by atoms with van der Waals surface area (Å²) in [6.07, 6.45) is 3.89. The fraction of sp³-hybridized carbons (Fsp3) is 0.171. The fourth-order valence-electron chi connectivity index (χ4n) is 5.47. The van der Waals surface area contributed by atoms with Crippen LogP contribution in [-0.2, 0) is 25.5 Å². The second kappa shape index (κ2) is 13.7. The number of hydrogen-bond acceptors (Lipinski definition) is 3. The normalized spacial score (nSPS) is 11.5. The molecule has 1 aliphatic heterocycles. The van der Waals surface area contributed by atoms with E-state index in [9.17, 15) is 0 Å². The predicted molar refractivity (Wildman–Crippen MR) is 185 cm³/mol. The summed E-state index contributed by atoms with van der Waals surface area (Å²) in [6, 6.07) is 40.8. The molecule has 4 aromatic carbocycles. The van der Waals surface area contributed by atoms with Crippen molar-refractivity contribution in [2.24, 2.45) is 0 Å². The molecule has 0 N–H and O–H groups in total. The summed E-state index contributed by atoms with van der Waals surface area (Å²) in [5.41, 5.74) is 14.2. The average molecular weight is 781 g/mol. The van der Waals surface area contributed by atoms with E-state index < -0.39 is 0 Å². The molecule has 0 aliphatic carbocycles. The zero-order chi connectivity index (χ0) is 30.8. The molecule has 1 radical (unpaired) electrons. The SMILES string of the molecule is Cc1ccc2c(c1)-c1cc(-c3ccc(C(C)(C)C)cn3)[c-]cc1Sc1ccccc1-2.Cc1cnc(-c2[c-]cccc2)c(C)c1.[Ir]. The molecule has 2 aromatic heterocycles. The quantitative estimate of drug-likeness (QED) is 0.163. The van der Waals surface area contributed by atoms with Crippen molar-refractivity contribution in [1.29, 1.82) is 0 Å². The number of rotatable bonds is 2. The minimum absolute atomic E-state index is 0. The molecule has 45 heavy (non-hydrogen) atoms. The Kier molecular flexibility index (Phi) is 9.89. The second-order valence-corrected chi connectivity index (χ2v) is 13.5. The molecule has 0 saturated carbocycles. The molecular weight excluding hydrogens is 745 g/mol. The van der Waals surface area contributed by atoms with Gasteiger partial charge in [0, 0.05) is 37.4 Å². The van der Waals surface area contributed by atoms with Gasteiger partial charge in [-0.2, -0.15) is 0 Å². The summed E-state index contributed by atoms with van der Waals surface area (Å²) < 4.78 is 0. The Morgan fingerprint density at radius 2 is 1.42 bits per heavy atom. The van der Waals surface area contributed by atoms with Crippen molar-refractivity contribution in [3.8, 4) is 44.8 Å². The number of pyridine rings is 2. The van der Waals surface area contributed by atoms with Crippen molar-refractivity contribution in [2.75, 3.05) is 0 Å². The van der Waals surface area contributed by atoms with Crippen molar-refractivity contribution in [2.45, 2.75) is 56.7 Å². The second-order valence-electron chi connectivity index (χ2n) is 12.4. The van der Waals surface area contributed by atoms with Crippen molar-refractivity contribution < 1.29 is 20.1 Å². The summed E-state index contributed by atoms with van der Waals surface area (Å²) in [5.74, 6) is 0. The summed E-state index contributed by atoms with van der Waals surface area (Å²) in [6.45, 7) is 12.9. The van der Waals surface area contributed by atoms with Crippen LogP contribution >= 0.6 is 11.8 Å². The minimum Gasteiger partial charge on any atom is -0.304 e. The van der Waals surface area contributed by atoms with Gasteiger partial charge in [-0.25, -0.2) is 0 Å². The molecule has 0 atom stereocenters. The minimum atomic E-state index is 0. The Morgan fingerprint density at radius 1 is 0.622 bits per heavy atom. The van der Waals surface area contributed by atoms with Gasteiger partial charge in [0.05, 0.1) is 0 Å². The van der Waals surface area contributed by atoms with E-state index in [0.29, 0.717) is 0 Å². The van der Waals surface area contributed by atoms with Gasteiger partial charge in [0.1, 0.15) is 0 Å². The van der Waals surface area contributed by atoms with Crippen molar-refractivity contribution >= 4 is 11.8 Å². The van der Waals surface area contributed by atoms with Gasteiger partial charge in [-0.1, -0.05) is 97.0 Å². The average Bonchev–Trinajstić information content (AvgIpc) is 3.15. The zero-order valence-corrected chi connectivity index (χ0v) is 29.7. The molecular formula is C41H36IrN2S-2. The number of fused-ring (bicyclic) bond motifs is 5. The van der Waals surface area contributed by atoms with E-state index in [-0.39, 0.29) is 25.5 Å². The largest absolute Gasteiger partial charge is 0.304 e. The Labute approximate surface area is 285 Å². The number of aryl methyl sites for hydroxylation is 3. The molecule has 3 heterocycles. The van der Waals surface area contributed by atoms with Crippen molar-refractivity contribution in [1.82, 2.24) is 9.97 Å². The molecule has 0 amide bonds. The predicted octanol–water partition coefficient (Wildman–Crippen LogP) is 11.1. The number of benzene rings is 4. The van der Waals surface area contributed by atoms with Gasteiger partial charge in [-0.3, -0.25) is 0 Å². The third-order valence-electron chi connectivity index (χ3n) is 7.86. The van der Waals surface area contributed by atoms with E-state index >= 15 is 0 Å². The van der Waals surface area contributed by atoms with E-state index in [1.165, 1.54) is 54.3 Å². The van der Waals surface area contributed by atoms with Crippen LogP contribution in [0.4, 0.5) is 0 Å². The first-order chi connectivity index (χ1) is 21.2. The van der Waals surface area contributed by atoms with Crippen molar-refractivity contribution in [3.63, 3.8) is 0 Å². The molecule has 0 spiro atoms. The van der Waals surface area contributed by atoms with Crippen LogP contribution < -0.4 is 0 Å². The Morgan fingerprint density at radius 3 is 2.13 bits per heavy atom. The molecule has 0 saturated heterocycles. The van der Waals surface area contributed by atoms with Gasteiger partial charge in [-0.05, 0) is 71.5 Å². The topological polar surface area (TPSA) is 25.8 Å². The van der Waals surface area contributed by atoms with Gasteiger partial charge in [0.25, 0.3) is 0 Å². The van der Waals surface area contributed by atoms with Crippen LogP contribution in [-0.4, -0.2) is 9.97 Å². The van der Waals surface area contributed by atoms with Crippen LogP contribution in [0.1, 0.15) is 43.0 Å². The summed E-state index contributed by atoms with van der Waals surface area (Å²) >= 11 is 1.82. The zero-order valence-electron chi connectivity index (χ0n) is 26.5. The molecule has 2 nitrogen and oxygen atoms in total. The smallest absolute Gasteiger partial charge is 0.0198 e. The Hall–Kier alpha value is -3.82. The maximum atomic E-state index is 4.76. The van der Waals surface area contributed by atoms with Gasteiger partial charge < -0.3 is 9.97 Å². The molecule has 227 valence electrons. The Bertz CT molecular complexity index is 1940. The molecule has 0 unspecified atom stereocenters. The monoisotopic (exact) mass is 781 g/mol. The van der Waals surface area contributed by atoms with Crippen LogP contribution in [0.5, 0.6) is 0 Å². The number of aromatic nitrogens is 2.